The molecule has 8 heteroatoms. The fourth-order valence-electron chi connectivity index (χ4n) is 4.52. The van der Waals surface area contributed by atoms with Crippen molar-refractivity contribution in [2.75, 3.05) is 20.1 Å². The van der Waals surface area contributed by atoms with Crippen molar-refractivity contribution in [2.24, 2.45) is 0 Å². The van der Waals surface area contributed by atoms with Crippen molar-refractivity contribution in [3.63, 3.8) is 0 Å². The molecule has 0 saturated carbocycles. The van der Waals surface area contributed by atoms with Crippen LogP contribution in [0.1, 0.15) is 49.3 Å². The molecule has 3 rings (SSSR count). The Bertz CT molecular complexity index is 1330. The highest BCUT2D eigenvalue weighted by molar-refractivity contribution is 7.89. The molecule has 2 amide bonds. The maximum absolute atomic E-state index is 13.8. The van der Waals surface area contributed by atoms with E-state index in [0.29, 0.717) is 25.9 Å². The van der Waals surface area contributed by atoms with E-state index in [4.69, 9.17) is 0 Å². The summed E-state index contributed by atoms with van der Waals surface area (Å²) in [5, 5.41) is 3.03. The Kier molecular flexibility index (Phi) is 11.9. The molecule has 0 saturated heterocycles. The zero-order valence-electron chi connectivity index (χ0n) is 23.8. The number of nitrogens with zero attached hydrogens (tertiary/aromatic N) is 2. The van der Waals surface area contributed by atoms with Crippen LogP contribution in [0.2, 0.25) is 0 Å². The van der Waals surface area contributed by atoms with Gasteiger partial charge in [-0.15, -0.1) is 0 Å². The van der Waals surface area contributed by atoms with Gasteiger partial charge in [-0.2, -0.15) is 0 Å². The molecule has 40 heavy (non-hydrogen) atoms. The third kappa shape index (κ3) is 8.76. The molecule has 214 valence electrons. The summed E-state index contributed by atoms with van der Waals surface area (Å²) < 4.78 is 27.1. The Morgan fingerprint density at radius 3 is 2.15 bits per heavy atom. The van der Waals surface area contributed by atoms with E-state index in [1.54, 1.807) is 35.2 Å². The number of sulfonamides is 1. The number of amides is 2. The predicted octanol–water partition coefficient (Wildman–Crippen LogP) is 4.95. The van der Waals surface area contributed by atoms with Gasteiger partial charge in [-0.3, -0.25) is 9.59 Å². The summed E-state index contributed by atoms with van der Waals surface area (Å²) >= 11 is 0. The van der Waals surface area contributed by atoms with Gasteiger partial charge in [0.25, 0.3) is 0 Å². The monoisotopic (exact) mass is 563 g/mol. The van der Waals surface area contributed by atoms with Crippen molar-refractivity contribution in [3.05, 3.63) is 102 Å². The topological polar surface area (TPSA) is 86.8 Å². The van der Waals surface area contributed by atoms with Gasteiger partial charge in [-0.25, -0.2) is 12.7 Å². The minimum atomic E-state index is -3.65. The minimum absolute atomic E-state index is 0.119. The van der Waals surface area contributed by atoms with Gasteiger partial charge in [-0.1, -0.05) is 86.1 Å². The van der Waals surface area contributed by atoms with Crippen LogP contribution in [0.3, 0.4) is 0 Å². The van der Waals surface area contributed by atoms with Crippen molar-refractivity contribution in [1.29, 1.82) is 0 Å². The molecule has 1 unspecified atom stereocenters. The standard InChI is InChI=1S/C32H41N3O4S/c1-4-5-22-33-32(37)30(24-27-16-8-6-9-17-27)35(25-28-18-13-12-15-26(28)2)31(36)21-14-23-34(3)40(38,39)29-19-10-7-11-20-29/h6-13,15-20,30H,4-5,14,21-25H2,1-3H3,(H,33,37). The molecule has 0 aliphatic rings. The highest BCUT2D eigenvalue weighted by atomic mass is 32.2. The zero-order chi connectivity index (χ0) is 29.0. The quantitative estimate of drug-likeness (QED) is 0.265. The number of hydrogen-bond acceptors (Lipinski definition) is 4. The average molecular weight is 564 g/mol. The minimum Gasteiger partial charge on any atom is -0.354 e. The maximum atomic E-state index is 13.8. The number of benzene rings is 3. The Hall–Kier alpha value is -3.49. The lowest BCUT2D eigenvalue weighted by atomic mass is 10.0. The van der Waals surface area contributed by atoms with Crippen LogP contribution < -0.4 is 5.32 Å². The number of hydrogen-bond donors (Lipinski definition) is 1. The second-order valence-electron chi connectivity index (χ2n) is 10.0. The number of carbonyl (C=O) groups excluding carboxylic acids is 2. The van der Waals surface area contributed by atoms with E-state index in [2.05, 4.69) is 12.2 Å². The number of rotatable bonds is 15. The fourth-order valence-corrected chi connectivity index (χ4v) is 5.75. The van der Waals surface area contributed by atoms with Crippen LogP contribution in [0.25, 0.3) is 0 Å². The summed E-state index contributed by atoms with van der Waals surface area (Å²) in [7, 11) is -2.13. The van der Waals surface area contributed by atoms with Crippen LogP contribution in [0.5, 0.6) is 0 Å². The summed E-state index contributed by atoms with van der Waals surface area (Å²) in [6.07, 6.45) is 2.65. The summed E-state index contributed by atoms with van der Waals surface area (Å²) in [5.41, 5.74) is 2.98. The van der Waals surface area contributed by atoms with Gasteiger partial charge >= 0.3 is 0 Å². The largest absolute Gasteiger partial charge is 0.354 e. The average Bonchev–Trinajstić information content (AvgIpc) is 2.96. The van der Waals surface area contributed by atoms with Gasteiger partial charge in [-0.05, 0) is 48.6 Å². The zero-order valence-corrected chi connectivity index (χ0v) is 24.6. The summed E-state index contributed by atoms with van der Waals surface area (Å²) in [4.78, 5) is 29.2. The molecule has 1 atom stereocenters. The number of aryl methyl sites for hydroxylation is 1. The highest BCUT2D eigenvalue weighted by Crippen LogP contribution is 2.19. The molecule has 0 radical (unpaired) electrons. The first-order valence-electron chi connectivity index (χ1n) is 13.9. The number of unbranched alkanes of at least 4 members (excludes halogenated alkanes) is 1. The molecule has 3 aromatic rings. The van der Waals surface area contributed by atoms with Gasteiger partial charge in [0.1, 0.15) is 6.04 Å². The first-order valence-corrected chi connectivity index (χ1v) is 15.3. The predicted molar refractivity (Wildman–Crippen MR) is 159 cm³/mol. The van der Waals surface area contributed by atoms with Gasteiger partial charge < -0.3 is 10.2 Å². The fraction of sp³-hybridized carbons (Fsp3) is 0.375. The Labute approximate surface area is 239 Å². The molecule has 0 aliphatic carbocycles. The third-order valence-corrected chi connectivity index (χ3v) is 8.89. The molecular formula is C32H41N3O4S. The molecule has 3 aromatic carbocycles. The smallest absolute Gasteiger partial charge is 0.243 e. The van der Waals surface area contributed by atoms with E-state index in [1.807, 2.05) is 61.5 Å². The second kappa shape index (κ2) is 15.3. The molecule has 0 fully saturated rings. The van der Waals surface area contributed by atoms with Crippen molar-refractivity contribution in [3.8, 4) is 0 Å². The Morgan fingerprint density at radius 2 is 1.50 bits per heavy atom. The number of nitrogens with one attached hydrogen (secondary N) is 1. The molecule has 0 aromatic heterocycles. The van der Waals surface area contributed by atoms with Crippen LogP contribution in [-0.2, 0) is 32.6 Å². The van der Waals surface area contributed by atoms with Gasteiger partial charge in [0.15, 0.2) is 0 Å². The lowest BCUT2D eigenvalue weighted by Gasteiger charge is -2.32. The summed E-state index contributed by atoms with van der Waals surface area (Å²) in [6, 6.07) is 25.1. The molecule has 0 aliphatic heterocycles. The summed E-state index contributed by atoms with van der Waals surface area (Å²) in [6.45, 7) is 5.09. The van der Waals surface area contributed by atoms with Gasteiger partial charge in [0.05, 0.1) is 4.90 Å². The van der Waals surface area contributed by atoms with E-state index < -0.39 is 16.1 Å². The van der Waals surface area contributed by atoms with Gasteiger partial charge in [0.2, 0.25) is 21.8 Å². The van der Waals surface area contributed by atoms with Crippen LogP contribution in [0.4, 0.5) is 0 Å². The van der Waals surface area contributed by atoms with E-state index in [9.17, 15) is 18.0 Å². The van der Waals surface area contributed by atoms with E-state index >= 15 is 0 Å². The first kappa shape index (κ1) is 31.0. The van der Waals surface area contributed by atoms with Crippen molar-refractivity contribution < 1.29 is 18.0 Å². The number of carbonyl (C=O) groups is 2. The molecule has 0 spiro atoms. The van der Waals surface area contributed by atoms with Crippen LogP contribution in [0, 0.1) is 6.92 Å². The molecule has 1 N–H and O–H groups in total. The van der Waals surface area contributed by atoms with Crippen LogP contribution >= 0.6 is 0 Å². The Balaban J connectivity index is 1.82. The van der Waals surface area contributed by atoms with E-state index in [-0.39, 0.29) is 29.7 Å². The lowest BCUT2D eigenvalue weighted by Crippen LogP contribution is -2.50. The molecular weight excluding hydrogens is 522 g/mol. The second-order valence-corrected chi connectivity index (χ2v) is 12.1. The lowest BCUT2D eigenvalue weighted by molar-refractivity contribution is -0.141. The van der Waals surface area contributed by atoms with Crippen molar-refractivity contribution in [1.82, 2.24) is 14.5 Å². The summed E-state index contributed by atoms with van der Waals surface area (Å²) in [5.74, 6) is -0.358. The SMILES string of the molecule is CCCCNC(=O)C(Cc1ccccc1)N(Cc1ccccc1C)C(=O)CCCN(C)S(=O)(=O)c1ccccc1. The van der Waals surface area contributed by atoms with E-state index in [0.717, 1.165) is 29.5 Å². The molecule has 0 bridgehead atoms. The first-order chi connectivity index (χ1) is 19.2. The van der Waals surface area contributed by atoms with Gasteiger partial charge in [0, 0.05) is 39.5 Å². The third-order valence-electron chi connectivity index (χ3n) is 7.02. The van der Waals surface area contributed by atoms with E-state index in [1.165, 1.54) is 11.4 Å². The molecule has 0 heterocycles. The van der Waals surface area contributed by atoms with Crippen molar-refractivity contribution >= 4 is 21.8 Å². The highest BCUT2D eigenvalue weighted by Gasteiger charge is 2.30. The maximum Gasteiger partial charge on any atom is 0.243 e. The normalized spacial score (nSPS) is 12.2. The van der Waals surface area contributed by atoms with Crippen LogP contribution in [0.15, 0.2) is 89.8 Å². The van der Waals surface area contributed by atoms with Crippen molar-refractivity contribution in [2.45, 2.75) is 63.4 Å². The molecule has 7 nitrogen and oxygen atoms in total. The Morgan fingerprint density at radius 1 is 0.875 bits per heavy atom. The van der Waals surface area contributed by atoms with Crippen LogP contribution in [-0.4, -0.2) is 55.6 Å².